The minimum absolute atomic E-state index is 0.195. The van der Waals surface area contributed by atoms with Crippen LogP contribution in [0, 0.1) is 4.77 Å². The van der Waals surface area contributed by atoms with Crippen molar-refractivity contribution in [2.24, 2.45) is 0 Å². The molecule has 0 atom stereocenters. The molecule has 6 nitrogen and oxygen atoms in total. The molecule has 96 valence electrons. The first-order valence-electron chi connectivity index (χ1n) is 5.30. The highest BCUT2D eigenvalue weighted by Gasteiger charge is 2.14. The lowest BCUT2D eigenvalue weighted by Crippen LogP contribution is -2.06. The van der Waals surface area contributed by atoms with Crippen LogP contribution in [0.15, 0.2) is 18.2 Å². The zero-order valence-corrected chi connectivity index (χ0v) is 10.6. The van der Waals surface area contributed by atoms with Crippen LogP contribution in [-0.2, 0) is 11.3 Å². The van der Waals surface area contributed by atoms with Gasteiger partial charge in [-0.15, -0.1) is 0 Å². The monoisotopic (exact) mass is 267 g/mol. The van der Waals surface area contributed by atoms with Gasteiger partial charge >= 0.3 is 0 Å². The van der Waals surface area contributed by atoms with Crippen molar-refractivity contribution in [1.82, 2.24) is 14.8 Å². The summed E-state index contributed by atoms with van der Waals surface area (Å²) in [6.45, 7) is 0.983. The normalized spacial score (nSPS) is 10.7. The smallest absolute Gasteiger partial charge is 0.195 e. The van der Waals surface area contributed by atoms with Gasteiger partial charge in [-0.2, -0.15) is 5.10 Å². The van der Waals surface area contributed by atoms with Crippen molar-refractivity contribution in [2.45, 2.75) is 6.54 Å². The minimum atomic E-state index is -0.217. The number of para-hydroxylation sites is 1. The summed E-state index contributed by atoms with van der Waals surface area (Å²) in [4.78, 5) is 0. The molecule has 1 aromatic carbocycles. The van der Waals surface area contributed by atoms with Gasteiger partial charge in [0, 0.05) is 7.11 Å². The highest BCUT2D eigenvalue weighted by molar-refractivity contribution is 7.71. The molecule has 0 radical (unpaired) electrons. The van der Waals surface area contributed by atoms with E-state index in [0.29, 0.717) is 29.3 Å². The maximum atomic E-state index is 9.83. The molecule has 1 heterocycles. The van der Waals surface area contributed by atoms with Crippen molar-refractivity contribution in [3.8, 4) is 22.9 Å². The standard InChI is InChI=1S/C11H13N3O3S/c1-17-6-5-14-10(12-13-11(14)18)7-3-2-4-8(15)9(7)16/h2-4,15-16H,5-6H2,1H3,(H,13,18). The van der Waals surface area contributed by atoms with Crippen molar-refractivity contribution in [2.75, 3.05) is 13.7 Å². The molecule has 0 fully saturated rings. The summed E-state index contributed by atoms with van der Waals surface area (Å²) < 4.78 is 7.13. The van der Waals surface area contributed by atoms with E-state index in [9.17, 15) is 10.2 Å². The number of aromatic amines is 1. The predicted molar refractivity (Wildman–Crippen MR) is 68.1 cm³/mol. The Morgan fingerprint density at radius 2 is 2.22 bits per heavy atom. The Morgan fingerprint density at radius 1 is 1.44 bits per heavy atom. The van der Waals surface area contributed by atoms with Crippen LogP contribution in [0.4, 0.5) is 0 Å². The molecule has 0 aliphatic heterocycles. The molecule has 0 aliphatic rings. The van der Waals surface area contributed by atoms with E-state index in [1.165, 1.54) is 6.07 Å². The molecular formula is C11H13N3O3S. The Balaban J connectivity index is 2.51. The number of phenolic OH excluding ortho intramolecular Hbond substituents is 2. The number of hydrogen-bond acceptors (Lipinski definition) is 5. The van der Waals surface area contributed by atoms with Gasteiger partial charge in [-0.3, -0.25) is 9.67 Å². The summed E-state index contributed by atoms with van der Waals surface area (Å²) in [6, 6.07) is 4.69. The zero-order valence-electron chi connectivity index (χ0n) is 9.75. The van der Waals surface area contributed by atoms with Gasteiger partial charge in [0.05, 0.1) is 18.7 Å². The molecule has 0 unspecified atom stereocenters. The average Bonchev–Trinajstić information content (AvgIpc) is 2.72. The van der Waals surface area contributed by atoms with E-state index in [1.54, 1.807) is 23.8 Å². The number of nitrogens with zero attached hydrogens (tertiary/aromatic N) is 2. The van der Waals surface area contributed by atoms with Gasteiger partial charge in [0.25, 0.3) is 0 Å². The highest BCUT2D eigenvalue weighted by atomic mass is 32.1. The Bertz CT molecular complexity index is 606. The van der Waals surface area contributed by atoms with E-state index in [2.05, 4.69) is 10.2 Å². The summed E-state index contributed by atoms with van der Waals surface area (Å²) in [7, 11) is 1.59. The number of nitrogens with one attached hydrogen (secondary N) is 1. The SMILES string of the molecule is COCCn1c(-c2cccc(O)c2O)n[nH]c1=S. The number of phenols is 2. The van der Waals surface area contributed by atoms with Crippen molar-refractivity contribution in [3.05, 3.63) is 23.0 Å². The summed E-state index contributed by atoms with van der Waals surface area (Å²) in [6.07, 6.45) is 0. The van der Waals surface area contributed by atoms with Crippen LogP contribution in [-0.4, -0.2) is 38.7 Å². The first-order valence-corrected chi connectivity index (χ1v) is 5.71. The number of ether oxygens (including phenoxy) is 1. The molecule has 7 heteroatoms. The second-order valence-electron chi connectivity index (χ2n) is 3.67. The van der Waals surface area contributed by atoms with Crippen molar-refractivity contribution < 1.29 is 14.9 Å². The highest BCUT2D eigenvalue weighted by Crippen LogP contribution is 2.34. The number of aromatic hydroxyl groups is 2. The van der Waals surface area contributed by atoms with Gasteiger partial charge in [0.15, 0.2) is 22.1 Å². The van der Waals surface area contributed by atoms with E-state index >= 15 is 0 Å². The molecular weight excluding hydrogens is 254 g/mol. The largest absolute Gasteiger partial charge is 0.504 e. The minimum Gasteiger partial charge on any atom is -0.504 e. The van der Waals surface area contributed by atoms with Gasteiger partial charge in [-0.05, 0) is 24.4 Å². The number of aromatic nitrogens is 3. The van der Waals surface area contributed by atoms with Gasteiger partial charge in [0.2, 0.25) is 0 Å². The fourth-order valence-electron chi connectivity index (χ4n) is 1.63. The molecule has 0 amide bonds. The van der Waals surface area contributed by atoms with E-state index in [4.69, 9.17) is 17.0 Å². The fourth-order valence-corrected chi connectivity index (χ4v) is 1.85. The van der Waals surface area contributed by atoms with Crippen LogP contribution in [0.2, 0.25) is 0 Å². The van der Waals surface area contributed by atoms with E-state index < -0.39 is 0 Å². The second-order valence-corrected chi connectivity index (χ2v) is 4.06. The van der Waals surface area contributed by atoms with Crippen molar-refractivity contribution in [3.63, 3.8) is 0 Å². The number of H-pyrrole nitrogens is 1. The lowest BCUT2D eigenvalue weighted by atomic mass is 10.1. The molecule has 18 heavy (non-hydrogen) atoms. The third kappa shape index (κ3) is 2.22. The van der Waals surface area contributed by atoms with Crippen LogP contribution in [0.25, 0.3) is 11.4 Å². The molecule has 0 saturated carbocycles. The zero-order chi connectivity index (χ0) is 13.1. The van der Waals surface area contributed by atoms with E-state index in [0.717, 1.165) is 0 Å². The summed E-state index contributed by atoms with van der Waals surface area (Å²) in [5, 5.41) is 26.0. The van der Waals surface area contributed by atoms with Crippen LogP contribution in [0.3, 0.4) is 0 Å². The molecule has 0 aliphatic carbocycles. The molecule has 2 aromatic rings. The van der Waals surface area contributed by atoms with E-state index in [1.807, 2.05) is 0 Å². The maximum Gasteiger partial charge on any atom is 0.195 e. The lowest BCUT2D eigenvalue weighted by Gasteiger charge is -2.08. The third-order valence-electron chi connectivity index (χ3n) is 2.53. The van der Waals surface area contributed by atoms with Gasteiger partial charge in [-0.1, -0.05) is 6.07 Å². The Labute approximate surface area is 108 Å². The molecule has 0 saturated heterocycles. The van der Waals surface area contributed by atoms with Gasteiger partial charge in [0.1, 0.15) is 0 Å². The lowest BCUT2D eigenvalue weighted by molar-refractivity contribution is 0.187. The number of hydrogen-bond donors (Lipinski definition) is 3. The summed E-state index contributed by atoms with van der Waals surface area (Å²) in [5.74, 6) is 0.0512. The van der Waals surface area contributed by atoms with Gasteiger partial charge < -0.3 is 14.9 Å². The fraction of sp³-hybridized carbons (Fsp3) is 0.273. The van der Waals surface area contributed by atoms with Crippen LogP contribution in [0.1, 0.15) is 0 Å². The third-order valence-corrected chi connectivity index (χ3v) is 2.84. The Kier molecular flexibility index (Phi) is 3.63. The van der Waals surface area contributed by atoms with Crippen LogP contribution >= 0.6 is 12.2 Å². The molecule has 3 N–H and O–H groups in total. The summed E-state index contributed by atoms with van der Waals surface area (Å²) in [5.41, 5.74) is 0.415. The second kappa shape index (κ2) is 5.19. The van der Waals surface area contributed by atoms with Gasteiger partial charge in [-0.25, -0.2) is 0 Å². The van der Waals surface area contributed by atoms with Crippen molar-refractivity contribution >= 4 is 12.2 Å². The quantitative estimate of drug-likeness (QED) is 0.579. The summed E-state index contributed by atoms with van der Waals surface area (Å²) >= 11 is 5.11. The molecule has 1 aromatic heterocycles. The topological polar surface area (TPSA) is 83.3 Å². The maximum absolute atomic E-state index is 9.83. The number of benzene rings is 1. The predicted octanol–water partition coefficient (Wildman–Crippen LogP) is 1.67. The Hall–Kier alpha value is -1.86. The van der Waals surface area contributed by atoms with Crippen LogP contribution < -0.4 is 0 Å². The molecule has 0 spiro atoms. The molecule has 2 rings (SSSR count). The van der Waals surface area contributed by atoms with E-state index in [-0.39, 0.29) is 11.5 Å². The molecule has 0 bridgehead atoms. The average molecular weight is 267 g/mol. The first kappa shape index (κ1) is 12.6. The first-order chi connectivity index (χ1) is 8.65. The van der Waals surface area contributed by atoms with Crippen molar-refractivity contribution in [1.29, 1.82) is 0 Å². The Morgan fingerprint density at radius 3 is 2.94 bits per heavy atom. The number of methoxy groups -OCH3 is 1. The van der Waals surface area contributed by atoms with Crippen LogP contribution in [0.5, 0.6) is 11.5 Å². The number of rotatable bonds is 4.